The van der Waals surface area contributed by atoms with Crippen molar-refractivity contribution < 1.29 is 9.47 Å². The maximum absolute atomic E-state index is 6.41. The number of nitrogens with zero attached hydrogens (tertiary/aromatic N) is 5. The highest BCUT2D eigenvalue weighted by atomic mass is 35.5. The van der Waals surface area contributed by atoms with E-state index in [-0.39, 0.29) is 0 Å². The highest BCUT2D eigenvalue weighted by Crippen LogP contribution is 2.33. The molecule has 0 atom stereocenters. The lowest BCUT2D eigenvalue weighted by molar-refractivity contribution is 0.122. The van der Waals surface area contributed by atoms with Crippen LogP contribution in [0.3, 0.4) is 0 Å². The number of aromatic nitrogens is 2. The van der Waals surface area contributed by atoms with Crippen molar-refractivity contribution in [2.24, 2.45) is 0 Å². The molecule has 184 valence electrons. The van der Waals surface area contributed by atoms with Crippen LogP contribution in [0.5, 0.6) is 0 Å². The smallest absolute Gasteiger partial charge is 0.229 e. The van der Waals surface area contributed by atoms with Gasteiger partial charge in [-0.25, -0.2) is 4.98 Å². The standard InChI is InChI=1S/C25H28Cl2N6O2/c1-31(23-3-2-18(26)14-22(23)27)24-4-5-28-25(30-24)29-19-15-20(32-6-10-34-11-7-32)17-21(16-19)33-8-12-35-13-9-33/h2-5,14-17H,6-13H2,1H3,(H,28,29,30). The second-order valence-electron chi connectivity index (χ2n) is 8.46. The molecule has 0 radical (unpaired) electrons. The minimum atomic E-state index is 0.506. The minimum absolute atomic E-state index is 0.506. The molecule has 1 N–H and O–H groups in total. The number of hydrogen-bond donors (Lipinski definition) is 1. The van der Waals surface area contributed by atoms with Crippen LogP contribution in [0.15, 0.2) is 48.7 Å². The van der Waals surface area contributed by atoms with Crippen LogP contribution in [0.1, 0.15) is 0 Å². The molecule has 2 aromatic carbocycles. The van der Waals surface area contributed by atoms with Gasteiger partial charge in [0.05, 0.1) is 37.1 Å². The zero-order valence-corrected chi connectivity index (χ0v) is 21.1. The van der Waals surface area contributed by atoms with Crippen molar-refractivity contribution >= 4 is 57.7 Å². The van der Waals surface area contributed by atoms with E-state index in [1.807, 2.05) is 30.1 Å². The number of morpholine rings is 2. The van der Waals surface area contributed by atoms with Gasteiger partial charge in [0.1, 0.15) is 5.82 Å². The van der Waals surface area contributed by atoms with Gasteiger partial charge in [-0.05, 0) is 42.5 Å². The fourth-order valence-electron chi connectivity index (χ4n) is 4.28. The van der Waals surface area contributed by atoms with Crippen LogP contribution in [-0.4, -0.2) is 69.6 Å². The Bertz CT molecular complexity index is 1130. The molecule has 0 aliphatic carbocycles. The molecule has 2 aliphatic rings. The van der Waals surface area contributed by atoms with Gasteiger partial charge < -0.3 is 29.5 Å². The first-order valence-corrected chi connectivity index (χ1v) is 12.4. The number of benzene rings is 2. The van der Waals surface area contributed by atoms with E-state index in [2.05, 4.69) is 38.3 Å². The minimum Gasteiger partial charge on any atom is -0.378 e. The van der Waals surface area contributed by atoms with Crippen molar-refractivity contribution in [3.05, 3.63) is 58.7 Å². The second kappa shape index (κ2) is 10.9. The van der Waals surface area contributed by atoms with Crippen molar-refractivity contribution in [2.75, 3.05) is 79.7 Å². The quantitative estimate of drug-likeness (QED) is 0.494. The van der Waals surface area contributed by atoms with E-state index in [9.17, 15) is 0 Å². The molecule has 10 heteroatoms. The molecule has 3 aromatic rings. The summed E-state index contributed by atoms with van der Waals surface area (Å²) in [5.74, 6) is 1.22. The van der Waals surface area contributed by atoms with Crippen LogP contribution in [0.4, 0.5) is 34.5 Å². The first-order chi connectivity index (χ1) is 17.1. The lowest BCUT2D eigenvalue weighted by Gasteiger charge is -2.33. The van der Waals surface area contributed by atoms with Crippen LogP contribution in [0, 0.1) is 0 Å². The number of halogens is 2. The third-order valence-electron chi connectivity index (χ3n) is 6.17. The molecule has 35 heavy (non-hydrogen) atoms. The topological polar surface area (TPSA) is 66.0 Å². The van der Waals surface area contributed by atoms with Gasteiger partial charge in [0, 0.05) is 61.5 Å². The number of ether oxygens (including phenoxy) is 2. The normalized spacial score (nSPS) is 16.3. The van der Waals surface area contributed by atoms with E-state index < -0.39 is 0 Å². The number of hydrogen-bond acceptors (Lipinski definition) is 8. The summed E-state index contributed by atoms with van der Waals surface area (Å²) >= 11 is 12.5. The van der Waals surface area contributed by atoms with Crippen LogP contribution in [0.25, 0.3) is 0 Å². The van der Waals surface area contributed by atoms with Crippen molar-refractivity contribution in [1.29, 1.82) is 0 Å². The Hall–Kier alpha value is -2.78. The SMILES string of the molecule is CN(c1ccnc(Nc2cc(N3CCOCC3)cc(N3CCOCC3)c2)n1)c1ccc(Cl)cc1Cl. The lowest BCUT2D eigenvalue weighted by Crippen LogP contribution is -2.38. The average molecular weight is 515 g/mol. The number of nitrogens with one attached hydrogen (secondary N) is 1. The third-order valence-corrected chi connectivity index (χ3v) is 6.70. The highest BCUT2D eigenvalue weighted by molar-refractivity contribution is 6.36. The van der Waals surface area contributed by atoms with E-state index in [0.29, 0.717) is 21.8 Å². The first-order valence-electron chi connectivity index (χ1n) is 11.7. The van der Waals surface area contributed by atoms with Crippen LogP contribution >= 0.6 is 23.2 Å². The Morgan fingerprint density at radius 3 is 2.09 bits per heavy atom. The van der Waals surface area contributed by atoms with E-state index in [1.165, 1.54) is 0 Å². The Labute approximate surface area is 215 Å². The van der Waals surface area contributed by atoms with E-state index >= 15 is 0 Å². The van der Waals surface area contributed by atoms with E-state index in [4.69, 9.17) is 37.7 Å². The second-order valence-corrected chi connectivity index (χ2v) is 9.30. The van der Waals surface area contributed by atoms with Crippen molar-refractivity contribution in [3.63, 3.8) is 0 Å². The summed E-state index contributed by atoms with van der Waals surface area (Å²) < 4.78 is 11.1. The van der Waals surface area contributed by atoms with Gasteiger partial charge >= 0.3 is 0 Å². The molecular formula is C25H28Cl2N6O2. The van der Waals surface area contributed by atoms with Crippen LogP contribution in [-0.2, 0) is 9.47 Å². The summed E-state index contributed by atoms with van der Waals surface area (Å²) in [6.07, 6.45) is 1.74. The molecular weight excluding hydrogens is 487 g/mol. The lowest BCUT2D eigenvalue weighted by atomic mass is 10.2. The van der Waals surface area contributed by atoms with Crippen molar-refractivity contribution in [2.45, 2.75) is 0 Å². The van der Waals surface area contributed by atoms with Crippen molar-refractivity contribution in [1.82, 2.24) is 9.97 Å². The molecule has 2 aliphatic heterocycles. The molecule has 0 saturated carbocycles. The number of anilines is 6. The van der Waals surface area contributed by atoms with Gasteiger partial charge in [-0.1, -0.05) is 23.2 Å². The zero-order chi connectivity index (χ0) is 24.2. The molecule has 0 unspecified atom stereocenters. The fraction of sp³-hybridized carbons (Fsp3) is 0.360. The van der Waals surface area contributed by atoms with Gasteiger partial charge in [0.15, 0.2) is 0 Å². The van der Waals surface area contributed by atoms with Gasteiger partial charge in [-0.15, -0.1) is 0 Å². The zero-order valence-electron chi connectivity index (χ0n) is 19.6. The highest BCUT2D eigenvalue weighted by Gasteiger charge is 2.18. The van der Waals surface area contributed by atoms with Gasteiger partial charge in [0.2, 0.25) is 5.95 Å². The molecule has 0 bridgehead atoms. The van der Waals surface area contributed by atoms with E-state index in [1.54, 1.807) is 12.3 Å². The molecule has 0 spiro atoms. The molecule has 0 amide bonds. The maximum atomic E-state index is 6.41. The summed E-state index contributed by atoms with van der Waals surface area (Å²) in [6.45, 7) is 6.39. The molecule has 8 nitrogen and oxygen atoms in total. The van der Waals surface area contributed by atoms with Gasteiger partial charge in [0.25, 0.3) is 0 Å². The summed E-state index contributed by atoms with van der Waals surface area (Å²) in [7, 11) is 1.91. The third kappa shape index (κ3) is 5.73. The van der Waals surface area contributed by atoms with Gasteiger partial charge in [-0.3, -0.25) is 0 Å². The Balaban J connectivity index is 1.42. The van der Waals surface area contributed by atoms with Gasteiger partial charge in [-0.2, -0.15) is 4.98 Å². The Kier molecular flexibility index (Phi) is 7.43. The summed E-state index contributed by atoms with van der Waals surface area (Å²) in [5, 5.41) is 4.56. The Morgan fingerprint density at radius 1 is 0.857 bits per heavy atom. The average Bonchev–Trinajstić information content (AvgIpc) is 2.89. The van der Waals surface area contributed by atoms with E-state index in [0.717, 1.165) is 75.4 Å². The van der Waals surface area contributed by atoms with Crippen LogP contribution < -0.4 is 20.0 Å². The first kappa shape index (κ1) is 23.9. The maximum Gasteiger partial charge on any atom is 0.229 e. The molecule has 3 heterocycles. The largest absolute Gasteiger partial charge is 0.378 e. The summed E-state index contributed by atoms with van der Waals surface area (Å²) in [6, 6.07) is 13.8. The molecule has 2 saturated heterocycles. The Morgan fingerprint density at radius 2 is 1.49 bits per heavy atom. The molecule has 2 fully saturated rings. The number of rotatable bonds is 6. The summed E-state index contributed by atoms with van der Waals surface area (Å²) in [5.41, 5.74) is 4.05. The molecule has 5 rings (SSSR count). The van der Waals surface area contributed by atoms with Crippen LogP contribution in [0.2, 0.25) is 10.0 Å². The monoisotopic (exact) mass is 514 g/mol. The van der Waals surface area contributed by atoms with Crippen molar-refractivity contribution in [3.8, 4) is 0 Å². The predicted molar refractivity (Wildman–Crippen MR) is 142 cm³/mol. The summed E-state index contributed by atoms with van der Waals surface area (Å²) in [4.78, 5) is 15.8. The fourth-order valence-corrected chi connectivity index (χ4v) is 4.81. The molecule has 1 aromatic heterocycles. The predicted octanol–water partition coefficient (Wildman–Crippen LogP) is 4.97.